The molecule has 0 spiro atoms. The van der Waals surface area contributed by atoms with E-state index in [1.807, 2.05) is 18.7 Å². The maximum atomic E-state index is 12.6. The quantitative estimate of drug-likeness (QED) is 0.856. The smallest absolute Gasteiger partial charge is 0.252 e. The molecule has 0 bridgehead atoms. The number of carbonyl (C=O) groups excluding carboxylic acids is 1. The molecule has 116 valence electrons. The number of piperidine rings is 1. The van der Waals surface area contributed by atoms with Gasteiger partial charge in [0.25, 0.3) is 5.91 Å². The molecule has 2 aliphatic rings. The lowest BCUT2D eigenvalue weighted by Gasteiger charge is -2.34. The van der Waals surface area contributed by atoms with Crippen LogP contribution in [0.1, 0.15) is 69.6 Å². The first-order valence-electron chi connectivity index (χ1n) is 7.92. The lowest BCUT2D eigenvalue weighted by molar-refractivity contribution is -0.145. The highest BCUT2D eigenvalue weighted by Crippen LogP contribution is 2.32. The van der Waals surface area contributed by atoms with E-state index in [0.717, 1.165) is 38.6 Å². The van der Waals surface area contributed by atoms with Crippen molar-refractivity contribution < 1.29 is 14.1 Å². The first-order valence-corrected chi connectivity index (χ1v) is 7.92. The van der Waals surface area contributed by atoms with Gasteiger partial charge < -0.3 is 14.2 Å². The number of rotatable bonds is 3. The standard InChI is InChI=1S/C15H23N3O3/c1-10(2)13-16-14(21-17-13)11-6-3-4-8-18(11)15(19)12-7-5-9-20-12/h10-12H,3-9H2,1-2H3/t11-,12+/m0/s1. The maximum absolute atomic E-state index is 12.6. The molecule has 6 heteroatoms. The minimum absolute atomic E-state index is 0.0847. The minimum Gasteiger partial charge on any atom is -0.368 e. The van der Waals surface area contributed by atoms with Gasteiger partial charge in [-0.25, -0.2) is 0 Å². The van der Waals surface area contributed by atoms with E-state index in [2.05, 4.69) is 10.1 Å². The van der Waals surface area contributed by atoms with Crippen molar-refractivity contribution in [2.75, 3.05) is 13.2 Å². The van der Waals surface area contributed by atoms with Crippen molar-refractivity contribution in [2.45, 2.75) is 64.0 Å². The summed E-state index contributed by atoms with van der Waals surface area (Å²) in [5.41, 5.74) is 0. The summed E-state index contributed by atoms with van der Waals surface area (Å²) >= 11 is 0. The van der Waals surface area contributed by atoms with Crippen LogP contribution < -0.4 is 0 Å². The zero-order valence-electron chi connectivity index (χ0n) is 12.7. The molecule has 1 amide bonds. The highest BCUT2D eigenvalue weighted by molar-refractivity contribution is 5.81. The second-order valence-electron chi connectivity index (χ2n) is 6.19. The van der Waals surface area contributed by atoms with E-state index in [-0.39, 0.29) is 24.0 Å². The average Bonchev–Trinajstić information content (AvgIpc) is 3.18. The Kier molecular flexibility index (Phi) is 4.24. The van der Waals surface area contributed by atoms with Crippen molar-refractivity contribution >= 4 is 5.91 Å². The fraction of sp³-hybridized carbons (Fsp3) is 0.800. The van der Waals surface area contributed by atoms with Gasteiger partial charge in [0.2, 0.25) is 5.89 Å². The number of likely N-dealkylation sites (tertiary alicyclic amines) is 1. The Labute approximate surface area is 124 Å². The molecule has 3 heterocycles. The molecular weight excluding hydrogens is 270 g/mol. The summed E-state index contributed by atoms with van der Waals surface area (Å²) in [5, 5.41) is 4.03. The van der Waals surface area contributed by atoms with Crippen molar-refractivity contribution in [2.24, 2.45) is 0 Å². The molecule has 0 aliphatic carbocycles. The van der Waals surface area contributed by atoms with E-state index in [9.17, 15) is 4.79 Å². The Bertz CT molecular complexity index is 494. The Morgan fingerprint density at radius 1 is 1.29 bits per heavy atom. The van der Waals surface area contributed by atoms with Gasteiger partial charge in [0.05, 0.1) is 0 Å². The predicted molar refractivity (Wildman–Crippen MR) is 75.7 cm³/mol. The van der Waals surface area contributed by atoms with Gasteiger partial charge in [-0.2, -0.15) is 4.98 Å². The SMILES string of the molecule is CC(C)c1noc([C@@H]2CCCCN2C(=O)[C@H]2CCCO2)n1. The lowest BCUT2D eigenvalue weighted by Crippen LogP contribution is -2.44. The van der Waals surface area contributed by atoms with Gasteiger partial charge in [0.15, 0.2) is 5.82 Å². The van der Waals surface area contributed by atoms with Gasteiger partial charge in [0, 0.05) is 19.1 Å². The van der Waals surface area contributed by atoms with Crippen LogP contribution >= 0.6 is 0 Å². The second-order valence-corrected chi connectivity index (χ2v) is 6.19. The third-order valence-electron chi connectivity index (χ3n) is 4.25. The van der Waals surface area contributed by atoms with Crippen LogP contribution in [0.25, 0.3) is 0 Å². The third kappa shape index (κ3) is 2.95. The fourth-order valence-electron chi connectivity index (χ4n) is 3.03. The first-order chi connectivity index (χ1) is 10.2. The molecule has 6 nitrogen and oxygen atoms in total. The summed E-state index contributed by atoms with van der Waals surface area (Å²) < 4.78 is 11.0. The van der Waals surface area contributed by atoms with E-state index < -0.39 is 0 Å². The highest BCUT2D eigenvalue weighted by atomic mass is 16.5. The van der Waals surface area contributed by atoms with E-state index in [4.69, 9.17) is 9.26 Å². The summed E-state index contributed by atoms with van der Waals surface area (Å²) in [7, 11) is 0. The summed E-state index contributed by atoms with van der Waals surface area (Å²) in [6.45, 7) is 5.51. The van der Waals surface area contributed by atoms with Crippen LogP contribution in [0.3, 0.4) is 0 Å². The van der Waals surface area contributed by atoms with Crippen molar-refractivity contribution in [1.29, 1.82) is 0 Å². The average molecular weight is 293 g/mol. The van der Waals surface area contributed by atoms with Crippen LogP contribution in [0.4, 0.5) is 0 Å². The number of hydrogen-bond donors (Lipinski definition) is 0. The molecule has 1 aromatic rings. The zero-order chi connectivity index (χ0) is 14.8. The lowest BCUT2D eigenvalue weighted by atomic mass is 10.0. The molecule has 0 aromatic carbocycles. The second kappa shape index (κ2) is 6.13. The van der Waals surface area contributed by atoms with Crippen molar-refractivity contribution in [3.8, 4) is 0 Å². The summed E-state index contributed by atoms with van der Waals surface area (Å²) in [6.07, 6.45) is 4.51. The van der Waals surface area contributed by atoms with Crippen LogP contribution in [0.5, 0.6) is 0 Å². The number of carbonyl (C=O) groups is 1. The number of hydrogen-bond acceptors (Lipinski definition) is 5. The molecule has 0 saturated carbocycles. The van der Waals surface area contributed by atoms with Crippen molar-refractivity contribution in [3.05, 3.63) is 11.7 Å². The fourth-order valence-corrected chi connectivity index (χ4v) is 3.03. The summed E-state index contributed by atoms with van der Waals surface area (Å²) in [5.74, 6) is 1.60. The van der Waals surface area contributed by atoms with Crippen molar-refractivity contribution in [3.63, 3.8) is 0 Å². The molecule has 1 aromatic heterocycles. The molecule has 21 heavy (non-hydrogen) atoms. The molecular formula is C15H23N3O3. The van der Waals surface area contributed by atoms with E-state index >= 15 is 0 Å². The highest BCUT2D eigenvalue weighted by Gasteiger charge is 2.37. The van der Waals surface area contributed by atoms with Crippen LogP contribution in [-0.2, 0) is 9.53 Å². The monoisotopic (exact) mass is 293 g/mol. The summed E-state index contributed by atoms with van der Waals surface area (Å²) in [4.78, 5) is 19.0. The molecule has 2 fully saturated rings. The Morgan fingerprint density at radius 2 is 2.14 bits per heavy atom. The van der Waals surface area contributed by atoms with Crippen molar-refractivity contribution in [1.82, 2.24) is 15.0 Å². The van der Waals surface area contributed by atoms with E-state index in [1.54, 1.807) is 0 Å². The van der Waals surface area contributed by atoms with Gasteiger partial charge in [-0.3, -0.25) is 4.79 Å². The molecule has 0 N–H and O–H groups in total. The predicted octanol–water partition coefficient (Wildman–Crippen LogP) is 2.43. The topological polar surface area (TPSA) is 68.5 Å². The minimum atomic E-state index is -0.280. The first kappa shape index (κ1) is 14.5. The van der Waals surface area contributed by atoms with Gasteiger partial charge in [0.1, 0.15) is 12.1 Å². The largest absolute Gasteiger partial charge is 0.368 e. The van der Waals surface area contributed by atoms with Gasteiger partial charge in [-0.15, -0.1) is 0 Å². The van der Waals surface area contributed by atoms with Gasteiger partial charge in [-0.05, 0) is 32.1 Å². The molecule has 2 saturated heterocycles. The van der Waals surface area contributed by atoms with Crippen LogP contribution in [-0.4, -0.2) is 40.2 Å². The molecule has 2 atom stereocenters. The molecule has 0 radical (unpaired) electrons. The zero-order valence-corrected chi connectivity index (χ0v) is 12.7. The Balaban J connectivity index is 1.78. The van der Waals surface area contributed by atoms with Gasteiger partial charge >= 0.3 is 0 Å². The van der Waals surface area contributed by atoms with Crippen LogP contribution in [0.15, 0.2) is 4.52 Å². The summed E-state index contributed by atoms with van der Waals surface area (Å²) in [6, 6.07) is -0.0875. The van der Waals surface area contributed by atoms with Gasteiger partial charge in [-0.1, -0.05) is 19.0 Å². The third-order valence-corrected chi connectivity index (χ3v) is 4.25. The molecule has 3 rings (SSSR count). The molecule has 2 aliphatic heterocycles. The maximum Gasteiger partial charge on any atom is 0.252 e. The Morgan fingerprint density at radius 3 is 2.81 bits per heavy atom. The molecule has 0 unspecified atom stereocenters. The normalized spacial score (nSPS) is 26.5. The number of ether oxygens (including phenoxy) is 1. The number of nitrogens with zero attached hydrogens (tertiary/aromatic N) is 3. The number of amides is 1. The Hall–Kier alpha value is -1.43. The van der Waals surface area contributed by atoms with E-state index in [1.165, 1.54) is 0 Å². The van der Waals surface area contributed by atoms with Crippen LogP contribution in [0, 0.1) is 0 Å². The number of aromatic nitrogens is 2. The van der Waals surface area contributed by atoms with Crippen LogP contribution in [0.2, 0.25) is 0 Å². The van der Waals surface area contributed by atoms with E-state index in [0.29, 0.717) is 18.3 Å².